The van der Waals surface area contributed by atoms with E-state index in [1.807, 2.05) is 12.5 Å². The van der Waals surface area contributed by atoms with Crippen molar-refractivity contribution in [3.63, 3.8) is 0 Å². The van der Waals surface area contributed by atoms with Gasteiger partial charge in [-0.15, -0.1) is 23.5 Å². The molecule has 0 spiro atoms. The van der Waals surface area contributed by atoms with Gasteiger partial charge in [-0.05, 0) is 12.5 Å². The average molecular weight is 350 g/mol. The van der Waals surface area contributed by atoms with Crippen LogP contribution in [0.25, 0.3) is 0 Å². The summed E-state index contributed by atoms with van der Waals surface area (Å²) >= 11 is 4.41. The number of carbonyl (C=O) groups excluding carboxylic acids is 1. The minimum atomic E-state index is -0.420. The predicted molar refractivity (Wildman–Crippen MR) is 87.6 cm³/mol. The Kier molecular flexibility index (Phi) is 8.05. The summed E-state index contributed by atoms with van der Waals surface area (Å²) < 4.78 is 15.1. The monoisotopic (exact) mass is 350 g/mol. The van der Waals surface area contributed by atoms with Crippen molar-refractivity contribution in [3.05, 3.63) is 6.07 Å². The zero-order valence-corrected chi connectivity index (χ0v) is 14.9. The Morgan fingerprint density at radius 3 is 2.00 bits per heavy atom. The van der Waals surface area contributed by atoms with E-state index in [4.69, 9.17) is 14.2 Å². The SMILES string of the molecule is COC(=O)C(Sc1nc(OC)cc(OC)n1)C(SC)SC. The highest BCUT2D eigenvalue weighted by Crippen LogP contribution is 2.35. The van der Waals surface area contributed by atoms with Crippen molar-refractivity contribution < 1.29 is 19.0 Å². The number of rotatable bonds is 8. The van der Waals surface area contributed by atoms with Crippen molar-refractivity contribution in [1.29, 1.82) is 0 Å². The van der Waals surface area contributed by atoms with Crippen molar-refractivity contribution in [1.82, 2.24) is 9.97 Å². The van der Waals surface area contributed by atoms with Gasteiger partial charge in [0.15, 0.2) is 5.16 Å². The van der Waals surface area contributed by atoms with E-state index >= 15 is 0 Å². The number of thioether (sulfide) groups is 3. The van der Waals surface area contributed by atoms with Crippen LogP contribution in [0.15, 0.2) is 11.2 Å². The third kappa shape index (κ3) is 5.15. The summed E-state index contributed by atoms with van der Waals surface area (Å²) in [5, 5.41) is -0.00786. The largest absolute Gasteiger partial charge is 0.481 e. The minimum Gasteiger partial charge on any atom is -0.481 e. The van der Waals surface area contributed by atoms with E-state index in [1.54, 1.807) is 29.6 Å². The van der Waals surface area contributed by atoms with Gasteiger partial charge in [0, 0.05) is 0 Å². The molecule has 1 aromatic heterocycles. The van der Waals surface area contributed by atoms with E-state index < -0.39 is 5.25 Å². The second-order valence-electron chi connectivity index (χ2n) is 3.64. The molecular formula is C12H18N2O4S3. The molecule has 21 heavy (non-hydrogen) atoms. The number of hydrogen-bond donors (Lipinski definition) is 0. The molecule has 0 saturated carbocycles. The number of methoxy groups -OCH3 is 3. The van der Waals surface area contributed by atoms with Crippen LogP contribution in [0.1, 0.15) is 0 Å². The Hall–Kier alpha value is -0.800. The second kappa shape index (κ2) is 9.26. The van der Waals surface area contributed by atoms with Gasteiger partial charge in [0.1, 0.15) is 5.25 Å². The molecule has 0 radical (unpaired) electrons. The fraction of sp³-hybridized carbons (Fsp3) is 0.583. The molecule has 0 aliphatic heterocycles. The van der Waals surface area contributed by atoms with Crippen LogP contribution in [0.5, 0.6) is 11.8 Å². The van der Waals surface area contributed by atoms with Crippen LogP contribution in [0.4, 0.5) is 0 Å². The van der Waals surface area contributed by atoms with Gasteiger partial charge in [-0.2, -0.15) is 9.97 Å². The molecule has 0 fully saturated rings. The van der Waals surface area contributed by atoms with Crippen molar-refractivity contribution in [2.45, 2.75) is 15.0 Å². The summed E-state index contributed by atoms with van der Waals surface area (Å²) in [4.78, 5) is 20.5. The Labute approximate surface area is 137 Å². The Morgan fingerprint density at radius 1 is 1.10 bits per heavy atom. The molecule has 0 bridgehead atoms. The Balaban J connectivity index is 3.04. The first-order chi connectivity index (χ1) is 10.1. The first-order valence-corrected chi connectivity index (χ1v) is 9.32. The van der Waals surface area contributed by atoms with Crippen LogP contribution in [-0.4, -0.2) is 59.6 Å². The van der Waals surface area contributed by atoms with Crippen LogP contribution in [0.2, 0.25) is 0 Å². The lowest BCUT2D eigenvalue weighted by Crippen LogP contribution is -2.28. The summed E-state index contributed by atoms with van der Waals surface area (Å²) in [7, 11) is 4.40. The highest BCUT2D eigenvalue weighted by atomic mass is 32.2. The maximum absolute atomic E-state index is 12.0. The number of nitrogens with zero attached hydrogens (tertiary/aromatic N) is 2. The maximum Gasteiger partial charge on any atom is 0.321 e. The Morgan fingerprint density at radius 2 is 1.62 bits per heavy atom. The quantitative estimate of drug-likeness (QED) is 0.303. The average Bonchev–Trinajstić information content (AvgIpc) is 2.53. The molecule has 1 aromatic rings. The van der Waals surface area contributed by atoms with Crippen LogP contribution in [0.3, 0.4) is 0 Å². The molecule has 1 atom stereocenters. The summed E-state index contributed by atoms with van der Waals surface area (Å²) in [5.74, 6) is 0.467. The first kappa shape index (κ1) is 18.2. The van der Waals surface area contributed by atoms with E-state index in [-0.39, 0.29) is 10.6 Å². The lowest BCUT2D eigenvalue weighted by molar-refractivity contribution is -0.139. The van der Waals surface area contributed by atoms with Gasteiger partial charge in [-0.25, -0.2) is 0 Å². The third-order valence-electron chi connectivity index (χ3n) is 2.45. The summed E-state index contributed by atoms with van der Waals surface area (Å²) in [6.45, 7) is 0. The highest BCUT2D eigenvalue weighted by Gasteiger charge is 2.30. The lowest BCUT2D eigenvalue weighted by atomic mass is 10.5. The van der Waals surface area contributed by atoms with Gasteiger partial charge in [0.2, 0.25) is 11.8 Å². The molecular weight excluding hydrogens is 332 g/mol. The van der Waals surface area contributed by atoms with Crippen molar-refractivity contribution >= 4 is 41.3 Å². The van der Waals surface area contributed by atoms with E-state index in [0.717, 1.165) is 0 Å². The molecule has 1 unspecified atom stereocenters. The summed E-state index contributed by atoms with van der Waals surface area (Å²) in [6, 6.07) is 1.58. The molecule has 1 rings (SSSR count). The number of hydrogen-bond acceptors (Lipinski definition) is 9. The highest BCUT2D eigenvalue weighted by molar-refractivity contribution is 8.17. The van der Waals surface area contributed by atoms with Crippen molar-refractivity contribution in [3.8, 4) is 11.8 Å². The maximum atomic E-state index is 12.0. The summed E-state index contributed by atoms with van der Waals surface area (Å²) in [6.07, 6.45) is 3.90. The van der Waals surface area contributed by atoms with Gasteiger partial charge >= 0.3 is 5.97 Å². The molecule has 0 aliphatic rings. The smallest absolute Gasteiger partial charge is 0.321 e. The standard InChI is InChI=1S/C12H18N2O4S3/c1-16-7-6-8(17-2)14-12(13-7)21-9(10(15)18-3)11(19-4)20-5/h6,9,11H,1-5H3. The fourth-order valence-corrected chi connectivity index (χ4v) is 4.74. The third-order valence-corrected chi connectivity index (χ3v) is 6.54. The molecule has 0 aromatic carbocycles. The van der Waals surface area contributed by atoms with Crippen molar-refractivity contribution in [2.75, 3.05) is 33.8 Å². The topological polar surface area (TPSA) is 70.5 Å². The number of esters is 1. The van der Waals surface area contributed by atoms with Crippen LogP contribution in [0, 0.1) is 0 Å². The van der Waals surface area contributed by atoms with Gasteiger partial charge in [0.25, 0.3) is 0 Å². The lowest BCUT2D eigenvalue weighted by Gasteiger charge is -2.20. The predicted octanol–water partition coefficient (Wildman–Crippen LogP) is 2.18. The van der Waals surface area contributed by atoms with Crippen LogP contribution in [-0.2, 0) is 9.53 Å². The zero-order valence-electron chi connectivity index (χ0n) is 12.5. The van der Waals surface area contributed by atoms with Crippen LogP contribution < -0.4 is 9.47 Å². The van der Waals surface area contributed by atoms with Gasteiger partial charge in [0.05, 0.1) is 32.0 Å². The molecule has 0 amide bonds. The normalized spacial score (nSPS) is 12.1. The Bertz CT molecular complexity index is 450. The molecule has 6 nitrogen and oxygen atoms in total. The first-order valence-electron chi connectivity index (χ1n) is 5.86. The molecule has 1 heterocycles. The molecule has 0 aliphatic carbocycles. The zero-order chi connectivity index (χ0) is 15.8. The number of ether oxygens (including phenoxy) is 3. The van der Waals surface area contributed by atoms with Crippen LogP contribution >= 0.6 is 35.3 Å². The second-order valence-corrected chi connectivity index (χ2v) is 7.00. The van der Waals surface area contributed by atoms with Gasteiger partial charge < -0.3 is 14.2 Å². The number of aromatic nitrogens is 2. The van der Waals surface area contributed by atoms with E-state index in [0.29, 0.717) is 16.9 Å². The molecule has 0 saturated heterocycles. The van der Waals surface area contributed by atoms with E-state index in [1.165, 1.54) is 33.1 Å². The van der Waals surface area contributed by atoms with Gasteiger partial charge in [-0.3, -0.25) is 4.79 Å². The number of carbonyl (C=O) groups is 1. The molecule has 0 N–H and O–H groups in total. The minimum absolute atomic E-state index is 0.0308. The molecule has 9 heteroatoms. The molecule has 118 valence electrons. The summed E-state index contributed by atoms with van der Waals surface area (Å²) in [5.41, 5.74) is 0. The van der Waals surface area contributed by atoms with E-state index in [2.05, 4.69) is 9.97 Å². The van der Waals surface area contributed by atoms with Gasteiger partial charge in [-0.1, -0.05) is 11.8 Å². The fourth-order valence-electron chi connectivity index (χ4n) is 1.43. The van der Waals surface area contributed by atoms with Crippen molar-refractivity contribution in [2.24, 2.45) is 0 Å². The van der Waals surface area contributed by atoms with E-state index in [9.17, 15) is 4.79 Å².